The average molecular weight is 526 g/mol. The van der Waals surface area contributed by atoms with Crippen LogP contribution in [0.3, 0.4) is 0 Å². The number of aromatic nitrogens is 3. The lowest BCUT2D eigenvalue weighted by Crippen LogP contribution is -2.37. The first kappa shape index (κ1) is 25.0. The Morgan fingerprint density at radius 1 is 1.24 bits per heavy atom. The van der Waals surface area contributed by atoms with Crippen molar-refractivity contribution in [2.24, 2.45) is 12.0 Å². The third-order valence-corrected chi connectivity index (χ3v) is 4.04. The Morgan fingerprint density at radius 2 is 1.97 bits per heavy atom. The monoisotopic (exact) mass is 526 g/mol. The summed E-state index contributed by atoms with van der Waals surface area (Å²) in [6.45, 7) is 6.18. The topological polar surface area (TPSA) is 76.4 Å². The summed E-state index contributed by atoms with van der Waals surface area (Å²) in [4.78, 5) is 8.37. The van der Waals surface area contributed by atoms with Gasteiger partial charge in [0.1, 0.15) is 0 Å². The summed E-state index contributed by atoms with van der Waals surface area (Å²) in [5.74, 6) is 0.556. The smallest absolute Gasteiger partial charge is 0.422 e. The van der Waals surface area contributed by atoms with E-state index in [9.17, 15) is 13.2 Å². The molecule has 2 rings (SSSR count). The zero-order valence-electron chi connectivity index (χ0n) is 16.8. The van der Waals surface area contributed by atoms with Crippen molar-refractivity contribution in [3.8, 4) is 5.88 Å². The highest BCUT2D eigenvalue weighted by Crippen LogP contribution is 2.17. The third-order valence-electron chi connectivity index (χ3n) is 4.04. The molecule has 29 heavy (non-hydrogen) atoms. The molecule has 0 bridgehead atoms. The van der Waals surface area contributed by atoms with E-state index in [1.165, 1.54) is 12.3 Å². The molecule has 0 unspecified atom stereocenters. The fourth-order valence-corrected chi connectivity index (χ4v) is 2.50. The van der Waals surface area contributed by atoms with E-state index in [0.717, 1.165) is 22.5 Å². The second-order valence-corrected chi connectivity index (χ2v) is 6.23. The van der Waals surface area contributed by atoms with Gasteiger partial charge in [0.05, 0.1) is 12.2 Å². The number of hydrogen-bond acceptors (Lipinski definition) is 4. The number of halogens is 4. The summed E-state index contributed by atoms with van der Waals surface area (Å²) < 4.78 is 42.9. The van der Waals surface area contributed by atoms with Gasteiger partial charge in [-0.25, -0.2) is 9.98 Å². The highest BCUT2D eigenvalue weighted by Gasteiger charge is 2.28. The van der Waals surface area contributed by atoms with Crippen LogP contribution in [0.1, 0.15) is 29.4 Å². The van der Waals surface area contributed by atoms with Crippen molar-refractivity contribution >= 4 is 29.9 Å². The molecule has 0 atom stereocenters. The van der Waals surface area contributed by atoms with Crippen LogP contribution in [0.15, 0.2) is 23.3 Å². The van der Waals surface area contributed by atoms with Crippen molar-refractivity contribution in [2.45, 2.75) is 40.0 Å². The van der Waals surface area contributed by atoms with E-state index >= 15 is 0 Å². The SMILES string of the molecule is CCNC(=NCc1ccc(OCC(F)(F)F)nc1)NCc1c(C)nn(C)c1C.I. The third kappa shape index (κ3) is 8.07. The second-order valence-electron chi connectivity index (χ2n) is 6.23. The first-order valence-electron chi connectivity index (χ1n) is 8.85. The Labute approximate surface area is 185 Å². The number of aliphatic imine (C=N–C) groups is 1. The minimum absolute atomic E-state index is 0. The van der Waals surface area contributed by atoms with Crippen molar-refractivity contribution in [3.63, 3.8) is 0 Å². The Kier molecular flexibility index (Phi) is 9.66. The molecule has 0 spiro atoms. The van der Waals surface area contributed by atoms with Crippen LogP contribution in [0.5, 0.6) is 5.88 Å². The molecule has 2 N–H and O–H groups in total. The number of nitrogens with zero attached hydrogens (tertiary/aromatic N) is 4. The van der Waals surface area contributed by atoms with Gasteiger partial charge in [0.2, 0.25) is 5.88 Å². The number of ether oxygens (including phenoxy) is 1. The lowest BCUT2D eigenvalue weighted by molar-refractivity contribution is -0.154. The number of guanidine groups is 1. The zero-order valence-corrected chi connectivity index (χ0v) is 19.1. The molecule has 162 valence electrons. The van der Waals surface area contributed by atoms with Crippen LogP contribution in [-0.4, -0.2) is 40.1 Å². The summed E-state index contributed by atoms with van der Waals surface area (Å²) in [6.07, 6.45) is -2.93. The van der Waals surface area contributed by atoms with Gasteiger partial charge in [-0.3, -0.25) is 4.68 Å². The predicted octanol–water partition coefficient (Wildman–Crippen LogP) is 3.25. The minimum Gasteiger partial charge on any atom is -0.468 e. The molecule has 0 saturated carbocycles. The van der Waals surface area contributed by atoms with E-state index in [1.807, 2.05) is 32.5 Å². The molecule has 0 fully saturated rings. The molecule has 7 nitrogen and oxygen atoms in total. The van der Waals surface area contributed by atoms with Crippen molar-refractivity contribution in [1.82, 2.24) is 25.4 Å². The van der Waals surface area contributed by atoms with E-state index in [1.54, 1.807) is 6.07 Å². The van der Waals surface area contributed by atoms with Crippen LogP contribution in [0.2, 0.25) is 0 Å². The maximum Gasteiger partial charge on any atom is 0.422 e. The Balaban J connectivity index is 0.00000420. The van der Waals surface area contributed by atoms with Crippen molar-refractivity contribution in [2.75, 3.05) is 13.2 Å². The number of rotatable bonds is 7. The highest BCUT2D eigenvalue weighted by molar-refractivity contribution is 14.0. The molecular weight excluding hydrogens is 500 g/mol. The van der Waals surface area contributed by atoms with Gasteiger partial charge in [0.25, 0.3) is 0 Å². The molecule has 2 aromatic rings. The lowest BCUT2D eigenvalue weighted by atomic mass is 10.2. The van der Waals surface area contributed by atoms with Gasteiger partial charge in [0, 0.05) is 43.7 Å². The Hall–Kier alpha value is -2.05. The summed E-state index contributed by atoms with van der Waals surface area (Å²) in [7, 11) is 1.90. The molecule has 0 saturated heterocycles. The summed E-state index contributed by atoms with van der Waals surface area (Å²) in [5, 5.41) is 10.8. The highest BCUT2D eigenvalue weighted by atomic mass is 127. The molecule has 2 aromatic heterocycles. The van der Waals surface area contributed by atoms with Crippen LogP contribution >= 0.6 is 24.0 Å². The van der Waals surface area contributed by atoms with Crippen LogP contribution in [0, 0.1) is 13.8 Å². The molecule has 0 aromatic carbocycles. The molecule has 0 radical (unpaired) electrons. The van der Waals surface area contributed by atoms with Gasteiger partial charge in [-0.05, 0) is 26.3 Å². The number of pyridine rings is 1. The number of alkyl halides is 3. The average Bonchev–Trinajstić information content (AvgIpc) is 2.88. The first-order valence-corrected chi connectivity index (χ1v) is 8.85. The van der Waals surface area contributed by atoms with Gasteiger partial charge in [-0.2, -0.15) is 18.3 Å². The quantitative estimate of drug-likeness (QED) is 0.329. The normalized spacial score (nSPS) is 11.8. The van der Waals surface area contributed by atoms with Crippen molar-refractivity contribution < 1.29 is 17.9 Å². The fourth-order valence-electron chi connectivity index (χ4n) is 2.50. The van der Waals surface area contributed by atoms with Gasteiger partial charge in [-0.15, -0.1) is 24.0 Å². The first-order chi connectivity index (χ1) is 13.2. The molecule has 0 aliphatic rings. The van der Waals surface area contributed by atoms with E-state index < -0.39 is 12.8 Å². The van der Waals surface area contributed by atoms with Gasteiger partial charge < -0.3 is 15.4 Å². The van der Waals surface area contributed by atoms with E-state index in [4.69, 9.17) is 0 Å². The fraction of sp³-hybridized carbons (Fsp3) is 0.500. The molecule has 11 heteroatoms. The molecule has 0 aliphatic carbocycles. The largest absolute Gasteiger partial charge is 0.468 e. The van der Waals surface area contributed by atoms with Crippen LogP contribution in [-0.2, 0) is 20.1 Å². The summed E-state index contributed by atoms with van der Waals surface area (Å²) in [6, 6.07) is 3.04. The van der Waals surface area contributed by atoms with Crippen LogP contribution in [0.4, 0.5) is 13.2 Å². The number of aryl methyl sites for hydroxylation is 2. The van der Waals surface area contributed by atoms with Gasteiger partial charge in [0.15, 0.2) is 12.6 Å². The summed E-state index contributed by atoms with van der Waals surface area (Å²) in [5.41, 5.74) is 3.91. The number of nitrogens with one attached hydrogen (secondary N) is 2. The Bertz CT molecular complexity index is 805. The number of hydrogen-bond donors (Lipinski definition) is 2. The summed E-state index contributed by atoms with van der Waals surface area (Å²) >= 11 is 0. The molecule has 0 amide bonds. The standard InChI is InChI=1S/C18H25F3N6O.HI/c1-5-22-17(25-10-15-12(2)26-27(4)13(15)3)24-9-14-6-7-16(23-8-14)28-11-18(19,20)21;/h6-8H,5,9-11H2,1-4H3,(H2,22,24,25);1H. The van der Waals surface area contributed by atoms with Gasteiger partial charge >= 0.3 is 6.18 Å². The second kappa shape index (κ2) is 11.2. The zero-order chi connectivity index (χ0) is 20.7. The van der Waals surface area contributed by atoms with Crippen LogP contribution in [0.25, 0.3) is 0 Å². The van der Waals surface area contributed by atoms with Gasteiger partial charge in [-0.1, -0.05) is 6.07 Å². The van der Waals surface area contributed by atoms with E-state index in [2.05, 4.69) is 30.4 Å². The molecule has 2 heterocycles. The van der Waals surface area contributed by atoms with Crippen molar-refractivity contribution in [3.05, 3.63) is 40.8 Å². The molecular formula is C18H26F3IN6O. The van der Waals surface area contributed by atoms with E-state index in [0.29, 0.717) is 25.6 Å². The maximum absolute atomic E-state index is 12.2. The maximum atomic E-state index is 12.2. The molecule has 0 aliphatic heterocycles. The lowest BCUT2D eigenvalue weighted by Gasteiger charge is -2.12. The van der Waals surface area contributed by atoms with E-state index in [-0.39, 0.29) is 29.9 Å². The minimum atomic E-state index is -4.39. The Morgan fingerprint density at radius 3 is 2.48 bits per heavy atom. The predicted molar refractivity (Wildman–Crippen MR) is 116 cm³/mol. The van der Waals surface area contributed by atoms with Crippen LogP contribution < -0.4 is 15.4 Å². The van der Waals surface area contributed by atoms with Crippen molar-refractivity contribution in [1.29, 1.82) is 0 Å².